The minimum atomic E-state index is 0.427. The van der Waals surface area contributed by atoms with Crippen LogP contribution in [0.25, 0.3) is 11.4 Å². The van der Waals surface area contributed by atoms with Gasteiger partial charge in [0.2, 0.25) is 0 Å². The maximum Gasteiger partial charge on any atom is 0.139 e. The van der Waals surface area contributed by atoms with Crippen LogP contribution in [0.1, 0.15) is 88.2 Å². The Kier molecular flexibility index (Phi) is 15.4. The molecule has 0 fully saturated rings. The average molecular weight is 531 g/mol. The molecule has 0 aliphatic heterocycles. The first-order chi connectivity index (χ1) is 19.8. The molecule has 1 heterocycles. The SMILES string of the molecule is CCCCCCCCCCn1ccnc1-c1ccccc1.[B]CCC=CCC(c1ccccc1)c1ccccc1. The van der Waals surface area contributed by atoms with E-state index in [2.05, 4.69) is 126 Å². The van der Waals surface area contributed by atoms with Gasteiger partial charge < -0.3 is 4.57 Å². The van der Waals surface area contributed by atoms with Crippen LogP contribution in [0.3, 0.4) is 0 Å². The number of hydrogen-bond donors (Lipinski definition) is 0. The molecule has 0 N–H and O–H groups in total. The van der Waals surface area contributed by atoms with Crippen LogP contribution in [0.2, 0.25) is 6.32 Å². The lowest BCUT2D eigenvalue weighted by molar-refractivity contribution is 0.545. The number of imidazole rings is 1. The zero-order chi connectivity index (χ0) is 28.1. The zero-order valence-corrected chi connectivity index (χ0v) is 24.5. The van der Waals surface area contributed by atoms with Crippen molar-refractivity contribution in [2.75, 3.05) is 0 Å². The molecule has 3 aromatic carbocycles. The monoisotopic (exact) mass is 530 g/mol. The molecule has 2 radical (unpaired) electrons. The molecular weight excluding hydrogens is 483 g/mol. The number of hydrogen-bond acceptors (Lipinski definition) is 1. The van der Waals surface area contributed by atoms with Gasteiger partial charge in [0, 0.05) is 30.4 Å². The fraction of sp³-hybridized carbons (Fsp3) is 0.378. The second kappa shape index (κ2) is 19.7. The molecule has 0 saturated carbocycles. The van der Waals surface area contributed by atoms with Gasteiger partial charge in [0.15, 0.2) is 0 Å². The summed E-state index contributed by atoms with van der Waals surface area (Å²) in [5.74, 6) is 1.52. The van der Waals surface area contributed by atoms with Crippen molar-refractivity contribution in [1.82, 2.24) is 9.55 Å². The molecule has 0 atom stereocenters. The van der Waals surface area contributed by atoms with Crippen LogP contribution in [0.15, 0.2) is 116 Å². The Labute approximate surface area is 245 Å². The molecule has 4 aromatic rings. The highest BCUT2D eigenvalue weighted by atomic mass is 15.1. The number of nitrogens with zero attached hydrogens (tertiary/aromatic N) is 2. The van der Waals surface area contributed by atoms with Gasteiger partial charge in [-0.1, -0.05) is 161 Å². The van der Waals surface area contributed by atoms with Gasteiger partial charge in [-0.15, -0.1) is 0 Å². The minimum Gasteiger partial charge on any atom is -0.331 e. The number of benzene rings is 3. The van der Waals surface area contributed by atoms with Crippen LogP contribution >= 0.6 is 0 Å². The third kappa shape index (κ3) is 11.4. The molecular formula is C37H47BN2. The van der Waals surface area contributed by atoms with E-state index < -0.39 is 0 Å². The lowest BCUT2D eigenvalue weighted by Gasteiger charge is -2.16. The van der Waals surface area contributed by atoms with Crippen molar-refractivity contribution < 1.29 is 0 Å². The van der Waals surface area contributed by atoms with Gasteiger partial charge in [-0.25, -0.2) is 4.98 Å². The molecule has 0 aliphatic rings. The van der Waals surface area contributed by atoms with E-state index in [1.165, 1.54) is 68.1 Å². The predicted octanol–water partition coefficient (Wildman–Crippen LogP) is 10.4. The molecule has 0 spiro atoms. The van der Waals surface area contributed by atoms with Crippen LogP contribution in [-0.4, -0.2) is 17.4 Å². The number of unbranched alkanes of at least 4 members (excludes halogenated alkanes) is 7. The maximum absolute atomic E-state index is 5.52. The second-order valence-electron chi connectivity index (χ2n) is 10.4. The Morgan fingerprint density at radius 3 is 1.82 bits per heavy atom. The van der Waals surface area contributed by atoms with Gasteiger partial charge in [0.05, 0.1) is 7.85 Å². The van der Waals surface area contributed by atoms with Crippen molar-refractivity contribution in [1.29, 1.82) is 0 Å². The average Bonchev–Trinajstić information content (AvgIpc) is 3.49. The van der Waals surface area contributed by atoms with E-state index in [4.69, 9.17) is 7.85 Å². The number of allylic oxidation sites excluding steroid dienone is 2. The van der Waals surface area contributed by atoms with Crippen LogP contribution < -0.4 is 0 Å². The lowest BCUT2D eigenvalue weighted by Crippen LogP contribution is -1.99. The van der Waals surface area contributed by atoms with E-state index in [0.717, 1.165) is 31.5 Å². The Bertz CT molecular complexity index is 1130. The summed E-state index contributed by atoms with van der Waals surface area (Å²) in [5, 5.41) is 0. The van der Waals surface area contributed by atoms with E-state index in [1.54, 1.807) is 0 Å². The Morgan fingerprint density at radius 1 is 0.700 bits per heavy atom. The minimum absolute atomic E-state index is 0.427. The van der Waals surface area contributed by atoms with Gasteiger partial charge in [-0.05, 0) is 30.4 Å². The van der Waals surface area contributed by atoms with E-state index in [-0.39, 0.29) is 0 Å². The summed E-state index contributed by atoms with van der Waals surface area (Å²) in [5.41, 5.74) is 3.94. The summed E-state index contributed by atoms with van der Waals surface area (Å²) < 4.78 is 2.28. The Balaban J connectivity index is 0.000000222. The molecule has 3 heteroatoms. The molecule has 40 heavy (non-hydrogen) atoms. The van der Waals surface area contributed by atoms with Gasteiger partial charge in [0.1, 0.15) is 5.82 Å². The molecule has 0 aliphatic carbocycles. The molecule has 1 aromatic heterocycles. The first-order valence-corrected chi connectivity index (χ1v) is 15.3. The highest BCUT2D eigenvalue weighted by Crippen LogP contribution is 2.28. The van der Waals surface area contributed by atoms with Gasteiger partial charge in [-0.2, -0.15) is 0 Å². The topological polar surface area (TPSA) is 17.8 Å². The summed E-state index contributed by atoms with van der Waals surface area (Å²) in [6, 6.07) is 31.8. The molecule has 2 nitrogen and oxygen atoms in total. The summed E-state index contributed by atoms with van der Waals surface area (Å²) in [4.78, 5) is 4.50. The highest BCUT2D eigenvalue weighted by Gasteiger charge is 2.11. The van der Waals surface area contributed by atoms with Gasteiger partial charge >= 0.3 is 0 Å². The summed E-state index contributed by atoms with van der Waals surface area (Å²) in [6.07, 6.45) is 22.1. The second-order valence-corrected chi connectivity index (χ2v) is 10.4. The lowest BCUT2D eigenvalue weighted by atomic mass is 9.88. The van der Waals surface area contributed by atoms with Crippen molar-refractivity contribution in [3.63, 3.8) is 0 Å². The maximum atomic E-state index is 5.52. The fourth-order valence-corrected chi connectivity index (χ4v) is 5.03. The van der Waals surface area contributed by atoms with Crippen molar-refractivity contribution in [3.8, 4) is 11.4 Å². The molecule has 0 unspecified atom stereocenters. The summed E-state index contributed by atoms with van der Waals surface area (Å²) in [6.45, 7) is 3.36. The Morgan fingerprint density at radius 2 is 1.25 bits per heavy atom. The first kappa shape index (κ1) is 31.2. The molecule has 0 bridgehead atoms. The third-order valence-electron chi connectivity index (χ3n) is 7.28. The van der Waals surface area contributed by atoms with Crippen molar-refractivity contribution in [3.05, 3.63) is 127 Å². The van der Waals surface area contributed by atoms with Gasteiger partial charge in [0.25, 0.3) is 0 Å². The largest absolute Gasteiger partial charge is 0.331 e. The first-order valence-electron chi connectivity index (χ1n) is 15.3. The van der Waals surface area contributed by atoms with Crippen LogP contribution in [-0.2, 0) is 6.54 Å². The van der Waals surface area contributed by atoms with Crippen molar-refractivity contribution in [2.24, 2.45) is 0 Å². The third-order valence-corrected chi connectivity index (χ3v) is 7.28. The molecule has 208 valence electrons. The highest BCUT2D eigenvalue weighted by molar-refractivity contribution is 6.08. The van der Waals surface area contributed by atoms with Crippen molar-refractivity contribution >= 4 is 7.85 Å². The standard InChI is InChI=1S/C19H28N2.C18H19B/c1-2-3-4-5-6-7-8-12-16-21-17-15-20-19(21)18-13-10-9-11-14-18;19-15-9-3-8-14-18(16-10-4-1-5-11-16)17-12-6-2-7-13-17/h9-11,13-15,17H,2-8,12,16H2,1H3;1-8,10-13,18H,9,14-15H2. The number of aryl methyl sites for hydroxylation is 1. The molecule has 0 saturated heterocycles. The quantitative estimate of drug-likeness (QED) is 0.0800. The van der Waals surface area contributed by atoms with Crippen LogP contribution in [0, 0.1) is 0 Å². The summed E-state index contributed by atoms with van der Waals surface area (Å²) in [7, 11) is 5.52. The zero-order valence-electron chi connectivity index (χ0n) is 24.5. The summed E-state index contributed by atoms with van der Waals surface area (Å²) >= 11 is 0. The van der Waals surface area contributed by atoms with E-state index in [9.17, 15) is 0 Å². The molecule has 4 rings (SSSR count). The van der Waals surface area contributed by atoms with E-state index in [0.29, 0.717) is 5.92 Å². The predicted molar refractivity (Wildman–Crippen MR) is 174 cm³/mol. The van der Waals surface area contributed by atoms with Crippen LogP contribution in [0.4, 0.5) is 0 Å². The number of aromatic nitrogens is 2. The van der Waals surface area contributed by atoms with E-state index in [1.807, 2.05) is 6.20 Å². The van der Waals surface area contributed by atoms with Gasteiger partial charge in [-0.3, -0.25) is 0 Å². The van der Waals surface area contributed by atoms with E-state index >= 15 is 0 Å². The smallest absolute Gasteiger partial charge is 0.139 e. The number of rotatable bonds is 16. The molecule has 0 amide bonds. The van der Waals surface area contributed by atoms with Crippen molar-refractivity contribution in [2.45, 2.75) is 89.9 Å². The Hall–Kier alpha value is -3.33. The van der Waals surface area contributed by atoms with Crippen LogP contribution in [0.5, 0.6) is 0 Å². The normalized spacial score (nSPS) is 11.1. The fourth-order valence-electron chi connectivity index (χ4n) is 5.03.